The molecule has 2 aliphatic heterocycles. The lowest BCUT2D eigenvalue weighted by atomic mass is 9.99. The molecule has 0 N–H and O–H groups in total. The van der Waals surface area contributed by atoms with E-state index in [-0.39, 0.29) is 6.04 Å². The van der Waals surface area contributed by atoms with Crippen LogP contribution in [0.3, 0.4) is 0 Å². The number of hydrogen-bond acceptors (Lipinski definition) is 2. The van der Waals surface area contributed by atoms with Crippen molar-refractivity contribution in [3.8, 4) is 0 Å². The second-order valence-electron chi connectivity index (χ2n) is 2.98. The highest BCUT2D eigenvalue weighted by Gasteiger charge is 2.25. The molecule has 0 bridgehead atoms. The number of carbonyl (C=O) groups is 1. The van der Waals surface area contributed by atoms with Gasteiger partial charge in [-0.2, -0.15) is 0 Å². The Kier molecular flexibility index (Phi) is 1.53. The van der Waals surface area contributed by atoms with Crippen LogP contribution in [0.5, 0.6) is 0 Å². The van der Waals surface area contributed by atoms with Crippen molar-refractivity contribution in [3.05, 3.63) is 24.4 Å². The summed E-state index contributed by atoms with van der Waals surface area (Å²) in [6.07, 6.45) is 9.66. The molecule has 2 rings (SSSR count). The maximum atomic E-state index is 11.3. The fraction of sp³-hybridized carbons (Fsp3) is 0.444. The van der Waals surface area contributed by atoms with E-state index in [9.17, 15) is 4.79 Å². The first-order valence-electron chi connectivity index (χ1n) is 4.01. The smallest absolute Gasteiger partial charge is 0.159 e. The molecule has 11 heavy (non-hydrogen) atoms. The molecule has 1 saturated heterocycles. The van der Waals surface area contributed by atoms with E-state index in [0.29, 0.717) is 5.78 Å². The molecular weight excluding hydrogens is 138 g/mol. The van der Waals surface area contributed by atoms with E-state index in [2.05, 4.69) is 4.90 Å². The average Bonchev–Trinajstić information content (AvgIpc) is 2.06. The van der Waals surface area contributed by atoms with Crippen molar-refractivity contribution in [2.75, 3.05) is 6.54 Å². The van der Waals surface area contributed by atoms with Crippen LogP contribution >= 0.6 is 0 Å². The lowest BCUT2D eigenvalue weighted by molar-refractivity contribution is -0.123. The third-order valence-corrected chi connectivity index (χ3v) is 2.21. The minimum absolute atomic E-state index is 0.0498. The van der Waals surface area contributed by atoms with Gasteiger partial charge in [0, 0.05) is 19.2 Å². The molecule has 1 atom stereocenters. The number of piperidine rings is 1. The summed E-state index contributed by atoms with van der Waals surface area (Å²) in [5.41, 5.74) is 0. The van der Waals surface area contributed by atoms with E-state index in [1.54, 1.807) is 0 Å². The van der Waals surface area contributed by atoms with Gasteiger partial charge in [0.1, 0.15) is 6.04 Å². The van der Waals surface area contributed by atoms with Crippen molar-refractivity contribution >= 4 is 5.78 Å². The molecule has 2 nitrogen and oxygen atoms in total. The Morgan fingerprint density at radius 3 is 3.18 bits per heavy atom. The van der Waals surface area contributed by atoms with Crippen molar-refractivity contribution in [1.82, 2.24) is 4.90 Å². The molecule has 0 aromatic rings. The van der Waals surface area contributed by atoms with Gasteiger partial charge >= 0.3 is 0 Å². The van der Waals surface area contributed by atoms with Crippen LogP contribution in [0.1, 0.15) is 12.8 Å². The van der Waals surface area contributed by atoms with Gasteiger partial charge in [-0.15, -0.1) is 0 Å². The molecule has 2 heteroatoms. The molecule has 1 unspecified atom stereocenters. The Morgan fingerprint density at radius 2 is 2.36 bits per heavy atom. The fourth-order valence-corrected chi connectivity index (χ4v) is 1.62. The number of Topliss-reactive ketones (excluding diaryl/α,β-unsaturated/α-hetero) is 1. The Labute approximate surface area is 66.2 Å². The number of allylic oxidation sites excluding steroid dienone is 2. The molecule has 0 aliphatic carbocycles. The van der Waals surface area contributed by atoms with E-state index >= 15 is 0 Å². The van der Waals surface area contributed by atoms with Crippen molar-refractivity contribution in [2.45, 2.75) is 18.9 Å². The highest BCUT2D eigenvalue weighted by molar-refractivity contribution is 5.87. The summed E-state index contributed by atoms with van der Waals surface area (Å²) < 4.78 is 0. The van der Waals surface area contributed by atoms with Gasteiger partial charge in [-0.1, -0.05) is 12.2 Å². The average molecular weight is 149 g/mol. The van der Waals surface area contributed by atoms with Gasteiger partial charge in [0.25, 0.3) is 0 Å². The minimum atomic E-state index is 0.0498. The second-order valence-corrected chi connectivity index (χ2v) is 2.98. The monoisotopic (exact) mass is 149 g/mol. The third-order valence-electron chi connectivity index (χ3n) is 2.21. The number of nitrogens with zero attached hydrogens (tertiary/aromatic N) is 1. The van der Waals surface area contributed by atoms with Crippen molar-refractivity contribution in [1.29, 1.82) is 0 Å². The summed E-state index contributed by atoms with van der Waals surface area (Å²) in [6.45, 7) is 1.03. The first kappa shape index (κ1) is 6.65. The van der Waals surface area contributed by atoms with E-state index in [1.165, 1.54) is 0 Å². The van der Waals surface area contributed by atoms with Crippen LogP contribution in [-0.4, -0.2) is 23.3 Å². The molecule has 0 amide bonds. The molecule has 2 aliphatic rings. The van der Waals surface area contributed by atoms with Gasteiger partial charge in [0.15, 0.2) is 5.78 Å². The lowest BCUT2D eigenvalue weighted by Crippen LogP contribution is -2.41. The zero-order chi connectivity index (χ0) is 7.68. The van der Waals surface area contributed by atoms with Crippen LogP contribution in [0, 0.1) is 0 Å². The van der Waals surface area contributed by atoms with E-state index < -0.39 is 0 Å². The van der Waals surface area contributed by atoms with E-state index in [1.807, 2.05) is 24.4 Å². The number of hydrogen-bond donors (Lipinski definition) is 0. The number of fused-ring (bicyclic) bond motifs is 1. The largest absolute Gasteiger partial charge is 0.364 e. The highest BCUT2D eigenvalue weighted by Crippen LogP contribution is 2.17. The van der Waals surface area contributed by atoms with Gasteiger partial charge in [-0.05, 0) is 12.5 Å². The van der Waals surface area contributed by atoms with Gasteiger partial charge in [-0.25, -0.2) is 0 Å². The number of ketones is 1. The Bertz CT molecular complexity index is 230. The second kappa shape index (κ2) is 2.53. The quantitative estimate of drug-likeness (QED) is 0.514. The predicted octanol–water partition coefficient (Wildman–Crippen LogP) is 1.10. The topological polar surface area (TPSA) is 20.3 Å². The van der Waals surface area contributed by atoms with Crippen LogP contribution in [0.2, 0.25) is 0 Å². The fourth-order valence-electron chi connectivity index (χ4n) is 1.62. The van der Waals surface area contributed by atoms with Crippen molar-refractivity contribution in [3.63, 3.8) is 0 Å². The number of rotatable bonds is 0. The number of carbonyl (C=O) groups excluding carboxylic acids is 1. The zero-order valence-electron chi connectivity index (χ0n) is 6.36. The summed E-state index contributed by atoms with van der Waals surface area (Å²) in [6, 6.07) is 0.0498. The van der Waals surface area contributed by atoms with E-state index in [0.717, 1.165) is 19.4 Å². The van der Waals surface area contributed by atoms with Gasteiger partial charge in [0.2, 0.25) is 0 Å². The van der Waals surface area contributed by atoms with Crippen molar-refractivity contribution < 1.29 is 4.79 Å². The predicted molar refractivity (Wildman–Crippen MR) is 43.0 cm³/mol. The summed E-state index contributed by atoms with van der Waals surface area (Å²) in [5, 5.41) is 0. The van der Waals surface area contributed by atoms with Crippen LogP contribution in [0.4, 0.5) is 0 Å². The Balaban J connectivity index is 2.20. The van der Waals surface area contributed by atoms with E-state index in [4.69, 9.17) is 0 Å². The van der Waals surface area contributed by atoms with Gasteiger partial charge < -0.3 is 4.90 Å². The van der Waals surface area contributed by atoms with Gasteiger partial charge in [-0.3, -0.25) is 4.79 Å². The molecule has 0 aromatic carbocycles. The molecule has 0 spiro atoms. The Hall–Kier alpha value is -1.05. The molecular formula is C9H11NO. The Morgan fingerprint density at radius 1 is 1.45 bits per heavy atom. The maximum Gasteiger partial charge on any atom is 0.159 e. The summed E-state index contributed by atoms with van der Waals surface area (Å²) in [7, 11) is 0. The first-order chi connectivity index (χ1) is 5.38. The van der Waals surface area contributed by atoms with Gasteiger partial charge in [0.05, 0.1) is 0 Å². The van der Waals surface area contributed by atoms with Crippen LogP contribution in [0.25, 0.3) is 0 Å². The maximum absolute atomic E-state index is 11.3. The standard InChI is InChI=1S/C9H11NO/c11-9-5-3-7-10-6-2-1-4-8(9)10/h1-2,4,6,8H,3,5,7H2. The highest BCUT2D eigenvalue weighted by atomic mass is 16.1. The molecule has 0 saturated carbocycles. The summed E-state index contributed by atoms with van der Waals surface area (Å²) in [4.78, 5) is 13.4. The summed E-state index contributed by atoms with van der Waals surface area (Å²) in [5.74, 6) is 0.358. The van der Waals surface area contributed by atoms with Crippen LogP contribution in [0.15, 0.2) is 24.4 Å². The van der Waals surface area contributed by atoms with Crippen LogP contribution < -0.4 is 0 Å². The molecule has 0 radical (unpaired) electrons. The molecule has 2 heterocycles. The normalized spacial score (nSPS) is 28.9. The SMILES string of the molecule is O=C1CCCN2C=CC=CC12. The third kappa shape index (κ3) is 1.09. The molecule has 1 fully saturated rings. The zero-order valence-corrected chi connectivity index (χ0v) is 6.36. The van der Waals surface area contributed by atoms with Crippen LogP contribution in [-0.2, 0) is 4.79 Å². The van der Waals surface area contributed by atoms with Crippen molar-refractivity contribution in [2.24, 2.45) is 0 Å². The first-order valence-corrected chi connectivity index (χ1v) is 4.01. The minimum Gasteiger partial charge on any atom is -0.364 e. The molecule has 0 aromatic heterocycles. The molecule has 58 valence electrons. The summed E-state index contributed by atoms with van der Waals surface area (Å²) >= 11 is 0. The lowest BCUT2D eigenvalue weighted by Gasteiger charge is -2.33.